The smallest absolute Gasteiger partial charge is 0.159 e. The van der Waals surface area contributed by atoms with Crippen molar-refractivity contribution in [2.75, 3.05) is 0 Å². The molecular weight excluding hydrogens is 681 g/mol. The van der Waals surface area contributed by atoms with E-state index in [9.17, 15) is 0 Å². The summed E-state index contributed by atoms with van der Waals surface area (Å²) < 4.78 is 11.4. The molecule has 0 radical (unpaired) electrons. The molecule has 0 saturated heterocycles. The number of nitrogens with zero attached hydrogens (tertiary/aromatic N) is 2. The van der Waals surface area contributed by atoms with Crippen LogP contribution < -0.4 is 0 Å². The Hall–Kier alpha value is -7.10. The summed E-state index contributed by atoms with van der Waals surface area (Å²) >= 11 is 0. The molecule has 11 rings (SSSR count). The van der Waals surface area contributed by atoms with Gasteiger partial charge in [0, 0.05) is 32.6 Å². The summed E-state index contributed by atoms with van der Waals surface area (Å²) in [5.74, 6) is 0. The molecule has 10 aromatic rings. The van der Waals surface area contributed by atoms with Gasteiger partial charge in [-0.05, 0) is 115 Å². The van der Waals surface area contributed by atoms with Gasteiger partial charge in [0.2, 0.25) is 0 Å². The molecule has 56 heavy (non-hydrogen) atoms. The molecule has 0 spiro atoms. The van der Waals surface area contributed by atoms with Gasteiger partial charge in [0.1, 0.15) is 5.58 Å². The molecule has 7 aromatic carbocycles. The van der Waals surface area contributed by atoms with Crippen molar-refractivity contribution in [1.29, 1.82) is 0 Å². The third-order valence-electron chi connectivity index (χ3n) is 11.1. The molecule has 3 heterocycles. The van der Waals surface area contributed by atoms with Crippen molar-refractivity contribution in [2.24, 2.45) is 0 Å². The molecule has 3 aromatic heterocycles. The predicted molar refractivity (Wildman–Crippen MR) is 238 cm³/mol. The Morgan fingerprint density at radius 2 is 1.11 bits per heavy atom. The minimum atomic E-state index is 0.891. The fourth-order valence-electron chi connectivity index (χ4n) is 8.41. The maximum atomic E-state index is 6.71. The van der Waals surface area contributed by atoms with Crippen molar-refractivity contribution in [3.05, 3.63) is 199 Å². The zero-order chi connectivity index (χ0) is 37.6. The topological polar surface area (TPSA) is 23.0 Å². The van der Waals surface area contributed by atoms with Gasteiger partial charge in [0.25, 0.3) is 0 Å². The molecule has 0 fully saturated rings. The maximum Gasteiger partial charge on any atom is 0.159 e. The number of fused-ring (bicyclic) bond motifs is 9. The standard InChI is InChI=1S/C49H32N2O.C4H8/c1-3-15-36(16-4-1)50-43-22-9-8-19-39(43)41-30-34(25-27-46(41)50)32-13-11-14-33(29-32)35-26-28-48-42(31-35)40-20-12-24-47(49(40)52-48)51-44-21-6-2-5-17-37(44)38-18-7-10-23-45(38)51;1-3-4-2/h1-16,18-31H,17H2;3-4H,1-2H3/b;4-3-. The lowest BCUT2D eigenvalue weighted by atomic mass is 9.97. The van der Waals surface area contributed by atoms with Crippen LogP contribution in [0.2, 0.25) is 0 Å². The Kier molecular flexibility index (Phi) is 8.34. The Morgan fingerprint density at radius 1 is 0.482 bits per heavy atom. The molecule has 3 heteroatoms. The van der Waals surface area contributed by atoms with E-state index in [4.69, 9.17) is 4.42 Å². The van der Waals surface area contributed by atoms with Gasteiger partial charge in [-0.25, -0.2) is 0 Å². The van der Waals surface area contributed by atoms with Crippen LogP contribution in [0.3, 0.4) is 0 Å². The van der Waals surface area contributed by atoms with Crippen LogP contribution in [-0.4, -0.2) is 9.13 Å². The first-order valence-corrected chi connectivity index (χ1v) is 19.4. The number of benzene rings is 7. The fraction of sp³-hybridized carbons (Fsp3) is 0.0566. The first-order chi connectivity index (χ1) is 27.7. The summed E-state index contributed by atoms with van der Waals surface area (Å²) in [5, 5.41) is 6.03. The summed E-state index contributed by atoms with van der Waals surface area (Å²) in [5.41, 5.74) is 14.9. The van der Waals surface area contributed by atoms with Crippen molar-refractivity contribution in [3.8, 4) is 33.6 Å². The van der Waals surface area contributed by atoms with Crippen LogP contribution in [0.4, 0.5) is 0 Å². The lowest BCUT2D eigenvalue weighted by molar-refractivity contribution is 0.666. The number of aromatic nitrogens is 2. The number of para-hydroxylation sites is 4. The van der Waals surface area contributed by atoms with Gasteiger partial charge in [0.15, 0.2) is 5.58 Å². The Morgan fingerprint density at radius 3 is 1.89 bits per heavy atom. The maximum absolute atomic E-state index is 6.71. The quantitative estimate of drug-likeness (QED) is 0.166. The van der Waals surface area contributed by atoms with Crippen LogP contribution in [-0.2, 0) is 6.42 Å². The molecule has 3 nitrogen and oxygen atoms in total. The average molecular weight is 721 g/mol. The minimum absolute atomic E-state index is 0.891. The second-order valence-electron chi connectivity index (χ2n) is 14.3. The van der Waals surface area contributed by atoms with Crippen molar-refractivity contribution < 1.29 is 4.42 Å². The molecule has 1 aliphatic carbocycles. The Balaban J connectivity index is 0.000000919. The summed E-state index contributed by atoms with van der Waals surface area (Å²) in [7, 11) is 0. The molecule has 0 bridgehead atoms. The first-order valence-electron chi connectivity index (χ1n) is 19.4. The number of hydrogen-bond acceptors (Lipinski definition) is 1. The van der Waals surface area contributed by atoms with E-state index in [0.717, 1.165) is 34.0 Å². The summed E-state index contributed by atoms with van der Waals surface area (Å²) in [4.78, 5) is 0. The molecule has 0 atom stereocenters. The first kappa shape index (κ1) is 33.5. The van der Waals surface area contributed by atoms with Crippen LogP contribution >= 0.6 is 0 Å². The highest BCUT2D eigenvalue weighted by Gasteiger charge is 2.21. The highest BCUT2D eigenvalue weighted by molar-refractivity contribution is 6.11. The second kappa shape index (κ2) is 14.0. The number of allylic oxidation sites excluding steroid dienone is 5. The van der Waals surface area contributed by atoms with Crippen LogP contribution in [0.25, 0.3) is 94.4 Å². The zero-order valence-electron chi connectivity index (χ0n) is 31.5. The van der Waals surface area contributed by atoms with Crippen LogP contribution in [0, 0.1) is 0 Å². The zero-order valence-corrected chi connectivity index (χ0v) is 31.5. The SMILES string of the molecule is C/C=C\C.C1=CCc2c(n(-c3cccc4c3oc3ccc(-c5cccc(-c6ccc7c(c6)c6ccccc6n7-c6ccccc6)c5)cc34)c3ccccc23)C=C1. The lowest BCUT2D eigenvalue weighted by Crippen LogP contribution is -1.98. The normalized spacial score (nSPS) is 12.5. The van der Waals surface area contributed by atoms with Crippen LogP contribution in [0.5, 0.6) is 0 Å². The number of furan rings is 1. The van der Waals surface area contributed by atoms with Gasteiger partial charge in [-0.15, -0.1) is 0 Å². The van der Waals surface area contributed by atoms with Gasteiger partial charge in [-0.2, -0.15) is 0 Å². The predicted octanol–water partition coefficient (Wildman–Crippen LogP) is 14.7. The van der Waals surface area contributed by atoms with Gasteiger partial charge < -0.3 is 13.6 Å². The van der Waals surface area contributed by atoms with E-state index < -0.39 is 0 Å². The van der Waals surface area contributed by atoms with Gasteiger partial charge in [-0.3, -0.25) is 0 Å². The highest BCUT2D eigenvalue weighted by Crippen LogP contribution is 2.40. The van der Waals surface area contributed by atoms with Crippen LogP contribution in [0.15, 0.2) is 193 Å². The van der Waals surface area contributed by atoms with Gasteiger partial charge in [-0.1, -0.05) is 127 Å². The van der Waals surface area contributed by atoms with E-state index in [1.54, 1.807) is 0 Å². The largest absolute Gasteiger partial charge is 0.454 e. The number of rotatable bonds is 4. The molecular formula is C53H40N2O. The van der Waals surface area contributed by atoms with Gasteiger partial charge >= 0.3 is 0 Å². The summed E-state index contributed by atoms with van der Waals surface area (Å²) in [6, 6.07) is 56.9. The van der Waals surface area contributed by atoms with Crippen molar-refractivity contribution in [2.45, 2.75) is 20.3 Å². The van der Waals surface area contributed by atoms with Crippen LogP contribution in [0.1, 0.15) is 25.1 Å². The molecule has 0 N–H and O–H groups in total. The molecule has 0 amide bonds. The van der Waals surface area contributed by atoms with Crippen molar-refractivity contribution >= 4 is 60.7 Å². The Labute approximate surface area is 326 Å². The monoisotopic (exact) mass is 720 g/mol. The van der Waals surface area contributed by atoms with E-state index in [1.165, 1.54) is 71.9 Å². The third-order valence-corrected chi connectivity index (χ3v) is 11.1. The molecule has 268 valence electrons. The van der Waals surface area contributed by atoms with Gasteiger partial charge in [0.05, 0.1) is 27.9 Å². The summed E-state index contributed by atoms with van der Waals surface area (Å²) in [6.07, 6.45) is 13.6. The molecule has 1 aliphatic rings. The highest BCUT2D eigenvalue weighted by atomic mass is 16.3. The minimum Gasteiger partial charge on any atom is -0.454 e. The third kappa shape index (κ3) is 5.51. The van der Waals surface area contributed by atoms with E-state index in [1.807, 2.05) is 26.0 Å². The average Bonchev–Trinajstić information content (AvgIpc) is 3.83. The fourth-order valence-corrected chi connectivity index (χ4v) is 8.41. The molecule has 0 saturated carbocycles. The molecule has 0 unspecified atom stereocenters. The molecule has 0 aliphatic heterocycles. The van der Waals surface area contributed by atoms with Crippen molar-refractivity contribution in [3.63, 3.8) is 0 Å². The Bertz CT molecular complexity index is 3180. The van der Waals surface area contributed by atoms with E-state index in [0.29, 0.717) is 0 Å². The van der Waals surface area contributed by atoms with Crippen molar-refractivity contribution in [1.82, 2.24) is 9.13 Å². The van der Waals surface area contributed by atoms with E-state index in [2.05, 4.69) is 191 Å². The summed E-state index contributed by atoms with van der Waals surface area (Å²) in [6.45, 7) is 4.00. The number of hydrogen-bond donors (Lipinski definition) is 0. The lowest BCUT2D eigenvalue weighted by Gasteiger charge is -2.10. The second-order valence-corrected chi connectivity index (χ2v) is 14.3. The van der Waals surface area contributed by atoms with E-state index >= 15 is 0 Å². The van der Waals surface area contributed by atoms with E-state index in [-0.39, 0.29) is 0 Å².